The van der Waals surface area contributed by atoms with Gasteiger partial charge in [-0.15, -0.1) is 0 Å². The van der Waals surface area contributed by atoms with Crippen LogP contribution >= 0.6 is 0 Å². The summed E-state index contributed by atoms with van der Waals surface area (Å²) in [5.41, 5.74) is 0. The van der Waals surface area contributed by atoms with Gasteiger partial charge in [-0.25, -0.2) is 0 Å². The molecule has 5 radical (unpaired) electrons. The van der Waals surface area contributed by atoms with Gasteiger partial charge in [-0.1, -0.05) is 0 Å². The third kappa shape index (κ3) is 8.96. The summed E-state index contributed by atoms with van der Waals surface area (Å²) in [4.78, 5) is 0. The van der Waals surface area contributed by atoms with Crippen molar-refractivity contribution in [2.45, 2.75) is 0 Å². The third-order valence-electron chi connectivity index (χ3n) is 0. The van der Waals surface area contributed by atoms with E-state index in [0.29, 0.717) is 0 Å². The van der Waals surface area contributed by atoms with Crippen molar-refractivity contribution in [1.82, 2.24) is 0 Å². The van der Waals surface area contributed by atoms with Crippen molar-refractivity contribution in [2.75, 3.05) is 0 Å². The molecule has 0 nitrogen and oxygen atoms in total. The number of rotatable bonds is 0. The predicted molar refractivity (Wildman–Crippen MR) is 5.75 cm³/mol. The van der Waals surface area contributed by atoms with Gasteiger partial charge in [0.1, 0.15) is 0 Å². The molecule has 4 heteroatoms. The molecule has 0 aromatic carbocycles. The van der Waals surface area contributed by atoms with E-state index in [0.717, 1.165) is 0 Å². The molecule has 0 aliphatic carbocycles. The molecule has 0 aliphatic rings. The minimum absolute atomic E-state index is 0. The van der Waals surface area contributed by atoms with Crippen LogP contribution in [0.25, 0.3) is 0 Å². The molecule has 0 N–H and O–H groups in total. The van der Waals surface area contributed by atoms with Gasteiger partial charge in [0, 0.05) is 67.7 Å². The van der Waals surface area contributed by atoms with Crippen molar-refractivity contribution in [3.05, 3.63) is 0 Å². The van der Waals surface area contributed by atoms with Gasteiger partial charge >= 0.3 is 0 Å². The fourth-order valence-corrected chi connectivity index (χ4v) is 0. The van der Waals surface area contributed by atoms with Gasteiger partial charge in [0.2, 0.25) is 0 Å². The molecule has 0 rings (SSSR count). The molecule has 0 aromatic rings. The van der Waals surface area contributed by atoms with Gasteiger partial charge in [0.15, 0.2) is 0 Å². The second-order valence-electron chi connectivity index (χ2n) is 0. The van der Waals surface area contributed by atoms with Crippen LogP contribution in [0.3, 0.4) is 0 Å². The van der Waals surface area contributed by atoms with Crippen LogP contribution in [0.15, 0.2) is 0 Å². The van der Waals surface area contributed by atoms with Crippen LogP contribution in [0.4, 0.5) is 0 Å². The van der Waals surface area contributed by atoms with Crippen molar-refractivity contribution >= 4 is 17.4 Å². The molecule has 29 valence electrons. The van der Waals surface area contributed by atoms with E-state index in [-0.39, 0.29) is 67.7 Å². The second kappa shape index (κ2) is 19.7. The van der Waals surface area contributed by atoms with E-state index >= 15 is 0 Å². The summed E-state index contributed by atoms with van der Waals surface area (Å²) in [6.45, 7) is 0. The molecule has 0 spiro atoms. The van der Waals surface area contributed by atoms with E-state index in [1.807, 2.05) is 0 Å². The van der Waals surface area contributed by atoms with Crippen LogP contribution in [0.1, 0.15) is 0 Å². The molecule has 0 amide bonds. The Morgan fingerprint density at radius 2 is 1.00 bits per heavy atom. The first-order valence-corrected chi connectivity index (χ1v) is 0. The smallest absolute Gasteiger partial charge is 0 e. The third-order valence-corrected chi connectivity index (χ3v) is 0. The first-order chi connectivity index (χ1) is 0. The largest absolute Gasteiger partial charge is 0 e. The summed E-state index contributed by atoms with van der Waals surface area (Å²) in [5, 5.41) is 0. The van der Waals surface area contributed by atoms with Crippen molar-refractivity contribution in [2.24, 2.45) is 0 Å². The van der Waals surface area contributed by atoms with Gasteiger partial charge in [0.25, 0.3) is 0 Å². The standard InChI is InChI=1S/Al.Co.Mn.Ni. The molecule has 0 fully saturated rings. The van der Waals surface area contributed by atoms with E-state index in [9.17, 15) is 0 Å². The van der Waals surface area contributed by atoms with Crippen LogP contribution in [0.2, 0.25) is 0 Å². The van der Waals surface area contributed by atoms with E-state index in [2.05, 4.69) is 0 Å². The van der Waals surface area contributed by atoms with Gasteiger partial charge < -0.3 is 0 Å². The molecule has 4 heavy (non-hydrogen) atoms. The number of hydrogen-bond acceptors (Lipinski definition) is 0. The number of hydrogen-bond donors (Lipinski definition) is 0. The summed E-state index contributed by atoms with van der Waals surface area (Å²) in [5.74, 6) is 0. The molecule has 0 saturated heterocycles. The van der Waals surface area contributed by atoms with Crippen molar-refractivity contribution in [3.63, 3.8) is 0 Å². The van der Waals surface area contributed by atoms with E-state index < -0.39 is 0 Å². The Morgan fingerprint density at radius 1 is 1.00 bits per heavy atom. The van der Waals surface area contributed by atoms with Gasteiger partial charge in [-0.05, 0) is 0 Å². The molecular weight excluding hydrogens is 200 g/mol. The SMILES string of the molecule is [Al].[Co].[Mn].[Ni]. The van der Waals surface area contributed by atoms with E-state index in [4.69, 9.17) is 0 Å². The van der Waals surface area contributed by atoms with E-state index in [1.54, 1.807) is 0 Å². The summed E-state index contributed by atoms with van der Waals surface area (Å²) in [7, 11) is 0. The summed E-state index contributed by atoms with van der Waals surface area (Å²) < 4.78 is 0. The summed E-state index contributed by atoms with van der Waals surface area (Å²) >= 11 is 0. The zero-order chi connectivity index (χ0) is 0. The minimum Gasteiger partial charge on any atom is 0 e. The molecule has 0 bridgehead atoms. The Bertz CT molecular complexity index is 8.00. The molecule has 0 unspecified atom stereocenters. The fourth-order valence-electron chi connectivity index (χ4n) is 0. The summed E-state index contributed by atoms with van der Waals surface area (Å²) in [6.07, 6.45) is 0. The van der Waals surface area contributed by atoms with E-state index in [1.165, 1.54) is 0 Å². The molecule has 0 aromatic heterocycles. The maximum Gasteiger partial charge on any atom is 0 e. The second-order valence-corrected chi connectivity index (χ2v) is 0. The Kier molecular flexibility index (Phi) is 181. The summed E-state index contributed by atoms with van der Waals surface area (Å²) in [6, 6.07) is 0. The van der Waals surface area contributed by atoms with Gasteiger partial charge in [0.05, 0.1) is 0 Å². The van der Waals surface area contributed by atoms with Crippen LogP contribution in [0, 0.1) is 0 Å². The van der Waals surface area contributed by atoms with Crippen molar-refractivity contribution in [3.8, 4) is 0 Å². The Balaban J connectivity index is 0. The van der Waals surface area contributed by atoms with Crippen LogP contribution < -0.4 is 0 Å². The average Bonchev–Trinajstić information content (AvgIpc) is 0. The minimum atomic E-state index is 0. The topological polar surface area (TPSA) is 0 Å². The maximum absolute atomic E-state index is 0. The first kappa shape index (κ1) is 36.7. The zero-order valence-corrected chi connectivity index (χ0v) is 5.97. The molecule has 0 saturated carbocycles. The van der Waals surface area contributed by atoms with Gasteiger partial charge in [-0.3, -0.25) is 0 Å². The van der Waals surface area contributed by atoms with Gasteiger partial charge in [-0.2, -0.15) is 0 Å². The maximum atomic E-state index is 0. The average molecular weight is 200 g/mol. The molecule has 0 atom stereocenters. The van der Waals surface area contributed by atoms with Crippen molar-refractivity contribution < 1.29 is 50.3 Å². The van der Waals surface area contributed by atoms with Crippen molar-refractivity contribution in [1.29, 1.82) is 0 Å². The Hall–Kier alpha value is 2.05. The molecule has 0 aliphatic heterocycles. The fraction of sp³-hybridized carbons (Fsp3) is 0. The Labute approximate surface area is 67.2 Å². The molecule has 0 heterocycles. The zero-order valence-electron chi connectivity index (χ0n) is 1.60. The molecular formula is AlCoMnNi. The monoisotopic (exact) mass is 199 g/mol. The normalized spacial score (nSPS) is 0. The van der Waals surface area contributed by atoms with Crippen LogP contribution in [-0.4, -0.2) is 17.4 Å². The van der Waals surface area contributed by atoms with Crippen LogP contribution in [0.5, 0.6) is 0 Å². The first-order valence-electron chi connectivity index (χ1n) is 0. The Morgan fingerprint density at radius 3 is 1.00 bits per heavy atom. The quantitative estimate of drug-likeness (QED) is 0.467. The predicted octanol–water partition coefficient (Wildman–Crippen LogP) is -0.388. The van der Waals surface area contributed by atoms with Crippen LogP contribution in [-0.2, 0) is 50.3 Å².